The highest BCUT2D eigenvalue weighted by Crippen LogP contribution is 2.14. The van der Waals surface area contributed by atoms with Crippen molar-refractivity contribution < 1.29 is 28.4 Å². The zero-order valence-corrected chi connectivity index (χ0v) is 31.3. The molecule has 46 heavy (non-hydrogen) atoms. The Labute approximate surface area is 288 Å². The molecule has 0 aliphatic heterocycles. The third-order valence-electron chi connectivity index (χ3n) is 8.64. The van der Waals surface area contributed by atoms with E-state index in [1.807, 2.05) is 0 Å². The van der Waals surface area contributed by atoms with E-state index in [1.54, 1.807) is 0 Å². The van der Waals surface area contributed by atoms with Crippen molar-refractivity contribution in [3.05, 3.63) is 0 Å². The van der Waals surface area contributed by atoms with E-state index in [0.29, 0.717) is 66.1 Å². The van der Waals surface area contributed by atoms with Crippen molar-refractivity contribution in [2.75, 3.05) is 79.3 Å². The predicted molar refractivity (Wildman–Crippen MR) is 196 cm³/mol. The monoisotopic (exact) mass is 659 g/mol. The van der Waals surface area contributed by atoms with Crippen molar-refractivity contribution in [2.45, 2.75) is 181 Å². The summed E-state index contributed by atoms with van der Waals surface area (Å²) in [4.78, 5) is 0. The molecule has 0 radical (unpaired) electrons. The van der Waals surface area contributed by atoms with E-state index >= 15 is 0 Å². The van der Waals surface area contributed by atoms with Crippen LogP contribution in [0.25, 0.3) is 0 Å². The van der Waals surface area contributed by atoms with E-state index in [1.165, 1.54) is 161 Å². The topological polar surface area (TPSA) is 55.4 Å². The maximum absolute atomic E-state index is 5.70. The van der Waals surface area contributed by atoms with E-state index < -0.39 is 0 Å². The van der Waals surface area contributed by atoms with Gasteiger partial charge in [-0.25, -0.2) is 0 Å². The first-order valence-corrected chi connectivity index (χ1v) is 20.4. The van der Waals surface area contributed by atoms with Crippen LogP contribution >= 0.6 is 0 Å². The van der Waals surface area contributed by atoms with E-state index in [4.69, 9.17) is 28.4 Å². The van der Waals surface area contributed by atoms with E-state index in [9.17, 15) is 0 Å². The van der Waals surface area contributed by atoms with Crippen molar-refractivity contribution in [1.29, 1.82) is 0 Å². The van der Waals surface area contributed by atoms with Crippen molar-refractivity contribution in [3.8, 4) is 0 Å². The van der Waals surface area contributed by atoms with Gasteiger partial charge >= 0.3 is 0 Å². The number of rotatable bonds is 43. The molecule has 0 fully saturated rings. The van der Waals surface area contributed by atoms with Gasteiger partial charge in [-0.05, 0) is 12.8 Å². The Kier molecular flexibility index (Phi) is 44.5. The number of ether oxygens (including phenoxy) is 6. The molecule has 0 rings (SSSR count). The molecular weight excluding hydrogens is 576 g/mol. The van der Waals surface area contributed by atoms with Crippen molar-refractivity contribution in [3.63, 3.8) is 0 Å². The van der Waals surface area contributed by atoms with Crippen LogP contribution in [0.2, 0.25) is 0 Å². The summed E-state index contributed by atoms with van der Waals surface area (Å²) in [6.07, 6.45) is 35.9. The maximum atomic E-state index is 5.70. The third kappa shape index (κ3) is 43.8. The van der Waals surface area contributed by atoms with Crippen LogP contribution < -0.4 is 0 Å². The van der Waals surface area contributed by atoms with Gasteiger partial charge in [-0.2, -0.15) is 0 Å². The number of hydrogen-bond acceptors (Lipinski definition) is 6. The number of unbranched alkanes of at least 4 members (excludes halogenated alkanes) is 24. The lowest BCUT2D eigenvalue weighted by molar-refractivity contribution is -0.0169. The summed E-state index contributed by atoms with van der Waals surface area (Å²) in [6.45, 7) is 12.4. The minimum Gasteiger partial charge on any atom is -0.379 e. The molecule has 0 saturated heterocycles. The van der Waals surface area contributed by atoms with Crippen molar-refractivity contribution in [2.24, 2.45) is 0 Å². The van der Waals surface area contributed by atoms with Crippen LogP contribution in [0.1, 0.15) is 181 Å². The molecule has 0 spiro atoms. The van der Waals surface area contributed by atoms with Crippen LogP contribution in [0.4, 0.5) is 0 Å². The second kappa shape index (κ2) is 44.8. The molecule has 0 aromatic carbocycles. The molecule has 0 amide bonds. The molecular formula is C40H82O6. The van der Waals surface area contributed by atoms with Crippen LogP contribution in [0.3, 0.4) is 0 Å². The molecule has 0 N–H and O–H groups in total. The number of hydrogen-bond donors (Lipinski definition) is 0. The first-order valence-electron chi connectivity index (χ1n) is 20.4. The Bertz CT molecular complexity index is 462. The largest absolute Gasteiger partial charge is 0.379 e. The van der Waals surface area contributed by atoms with Gasteiger partial charge in [0.2, 0.25) is 0 Å². The Balaban J connectivity index is 3.03. The zero-order chi connectivity index (χ0) is 33.1. The highest BCUT2D eigenvalue weighted by atomic mass is 16.6. The molecule has 0 unspecified atom stereocenters. The van der Waals surface area contributed by atoms with Gasteiger partial charge < -0.3 is 28.4 Å². The molecule has 6 heteroatoms. The van der Waals surface area contributed by atoms with E-state index in [-0.39, 0.29) is 0 Å². The Morgan fingerprint density at radius 2 is 0.326 bits per heavy atom. The van der Waals surface area contributed by atoms with Gasteiger partial charge in [-0.1, -0.05) is 168 Å². The minimum atomic E-state index is 0.584. The Morgan fingerprint density at radius 3 is 0.522 bits per heavy atom. The Morgan fingerprint density at radius 1 is 0.174 bits per heavy atom. The first kappa shape index (κ1) is 45.8. The standard InChI is InChI=1S/C40H82O6/c1-3-5-7-9-11-13-15-16-17-18-19-20-22-24-26-28-30-42-32-34-44-36-38-46-40-39-45-37-35-43-33-31-41-29-27-25-23-21-14-12-10-8-6-4-2/h3-40H2,1-2H3. The second-order valence-corrected chi connectivity index (χ2v) is 13.2. The van der Waals surface area contributed by atoms with Crippen molar-refractivity contribution in [1.82, 2.24) is 0 Å². The lowest BCUT2D eigenvalue weighted by Crippen LogP contribution is -2.14. The Hall–Kier alpha value is -0.240. The molecule has 0 aliphatic carbocycles. The van der Waals surface area contributed by atoms with E-state index in [0.717, 1.165) is 19.6 Å². The van der Waals surface area contributed by atoms with Gasteiger partial charge in [-0.15, -0.1) is 0 Å². The highest BCUT2D eigenvalue weighted by molar-refractivity contribution is 4.51. The third-order valence-corrected chi connectivity index (χ3v) is 8.64. The molecule has 0 heterocycles. The lowest BCUT2D eigenvalue weighted by Gasteiger charge is -2.08. The maximum Gasteiger partial charge on any atom is 0.0701 e. The fourth-order valence-electron chi connectivity index (χ4n) is 5.65. The van der Waals surface area contributed by atoms with E-state index in [2.05, 4.69) is 13.8 Å². The molecule has 0 aromatic heterocycles. The first-order chi connectivity index (χ1) is 22.9. The minimum absolute atomic E-state index is 0.584. The van der Waals surface area contributed by atoms with Crippen LogP contribution in [0, 0.1) is 0 Å². The average molecular weight is 659 g/mol. The summed E-state index contributed by atoms with van der Waals surface area (Å²) < 4.78 is 33.6. The SMILES string of the molecule is CCCCCCCCCCCCCCCCCCOCCOCCOCCOCCOCCOCCCCCCCCCCCC. The highest BCUT2D eigenvalue weighted by Gasteiger charge is 1.97. The predicted octanol–water partition coefficient (Wildman–Crippen LogP) is 11.3. The fourth-order valence-corrected chi connectivity index (χ4v) is 5.65. The van der Waals surface area contributed by atoms with Gasteiger partial charge in [0, 0.05) is 13.2 Å². The molecule has 0 aromatic rings. The fraction of sp³-hybridized carbons (Fsp3) is 1.00. The van der Waals surface area contributed by atoms with Crippen LogP contribution in [-0.2, 0) is 28.4 Å². The van der Waals surface area contributed by atoms with Crippen molar-refractivity contribution >= 4 is 0 Å². The van der Waals surface area contributed by atoms with Gasteiger partial charge in [0.15, 0.2) is 0 Å². The molecule has 0 atom stereocenters. The van der Waals surface area contributed by atoms with Gasteiger partial charge in [0.05, 0.1) is 66.1 Å². The molecule has 0 aliphatic rings. The summed E-state index contributed by atoms with van der Waals surface area (Å²) in [6, 6.07) is 0. The summed E-state index contributed by atoms with van der Waals surface area (Å²) in [5, 5.41) is 0. The lowest BCUT2D eigenvalue weighted by atomic mass is 10.0. The molecule has 6 nitrogen and oxygen atoms in total. The second-order valence-electron chi connectivity index (χ2n) is 13.2. The quantitative estimate of drug-likeness (QED) is 0.0608. The zero-order valence-electron chi connectivity index (χ0n) is 31.3. The summed E-state index contributed by atoms with van der Waals surface area (Å²) in [5.41, 5.74) is 0. The molecule has 278 valence electrons. The molecule has 0 saturated carbocycles. The summed E-state index contributed by atoms with van der Waals surface area (Å²) >= 11 is 0. The average Bonchev–Trinajstić information content (AvgIpc) is 3.07. The summed E-state index contributed by atoms with van der Waals surface area (Å²) in [7, 11) is 0. The van der Waals surface area contributed by atoms with Crippen LogP contribution in [0.15, 0.2) is 0 Å². The van der Waals surface area contributed by atoms with Gasteiger partial charge in [-0.3, -0.25) is 0 Å². The smallest absolute Gasteiger partial charge is 0.0701 e. The van der Waals surface area contributed by atoms with Crippen LogP contribution in [-0.4, -0.2) is 79.3 Å². The van der Waals surface area contributed by atoms with Gasteiger partial charge in [0.1, 0.15) is 0 Å². The normalized spacial score (nSPS) is 11.6. The van der Waals surface area contributed by atoms with Crippen LogP contribution in [0.5, 0.6) is 0 Å². The summed E-state index contributed by atoms with van der Waals surface area (Å²) in [5.74, 6) is 0. The van der Waals surface area contributed by atoms with Gasteiger partial charge in [0.25, 0.3) is 0 Å². The molecule has 0 bridgehead atoms.